The second-order valence-corrected chi connectivity index (χ2v) is 12.0. The number of hydrogen-bond acceptors (Lipinski definition) is 10. The van der Waals surface area contributed by atoms with Crippen molar-refractivity contribution in [1.82, 2.24) is 14.5 Å². The first-order valence-corrected chi connectivity index (χ1v) is 15.6. The summed E-state index contributed by atoms with van der Waals surface area (Å²) in [5, 5.41) is 10.6. The molecule has 43 heavy (non-hydrogen) atoms. The maximum absolute atomic E-state index is 13.6. The van der Waals surface area contributed by atoms with E-state index in [0.717, 1.165) is 16.5 Å². The number of phenols is 1. The Labute approximate surface area is 251 Å². The van der Waals surface area contributed by atoms with Crippen molar-refractivity contribution in [3.05, 3.63) is 56.9 Å². The number of pyridine rings is 2. The summed E-state index contributed by atoms with van der Waals surface area (Å²) in [5.41, 5.74) is 3.93. The van der Waals surface area contributed by atoms with Crippen LogP contribution in [0.25, 0.3) is 22.3 Å². The van der Waals surface area contributed by atoms with Crippen LogP contribution >= 0.6 is 11.8 Å². The van der Waals surface area contributed by atoms with E-state index in [1.54, 1.807) is 28.8 Å². The van der Waals surface area contributed by atoms with E-state index in [4.69, 9.17) is 14.5 Å². The van der Waals surface area contributed by atoms with Gasteiger partial charge in [-0.2, -0.15) is 11.8 Å². The molecule has 0 radical (unpaired) electrons. The zero-order chi connectivity index (χ0) is 30.4. The molecule has 2 amide bonds. The van der Waals surface area contributed by atoms with Gasteiger partial charge >= 0.3 is 11.9 Å². The number of esters is 2. The molecule has 0 saturated carbocycles. The number of carbonyl (C=O) groups excluding carboxylic acids is 4. The molecule has 2 aromatic heterocycles. The Morgan fingerprint density at radius 3 is 2.70 bits per heavy atom. The number of aromatic nitrogens is 2. The highest BCUT2D eigenvalue weighted by atomic mass is 32.2. The van der Waals surface area contributed by atoms with Crippen molar-refractivity contribution >= 4 is 46.4 Å². The minimum atomic E-state index is -1.37. The lowest BCUT2D eigenvalue weighted by Gasteiger charge is -2.25. The second-order valence-electron chi connectivity index (χ2n) is 10.9. The lowest BCUT2D eigenvalue weighted by Crippen LogP contribution is -2.34. The van der Waals surface area contributed by atoms with Crippen LogP contribution in [0, 0.1) is 0 Å². The van der Waals surface area contributed by atoms with Crippen LogP contribution in [0.15, 0.2) is 29.1 Å². The monoisotopic (exact) mass is 605 g/mol. The average Bonchev–Trinajstić information content (AvgIpc) is 3.49. The molecule has 1 saturated heterocycles. The van der Waals surface area contributed by atoms with Gasteiger partial charge < -0.3 is 19.1 Å². The first-order chi connectivity index (χ1) is 20.7. The number of amides is 2. The van der Waals surface area contributed by atoms with Crippen LogP contribution in [0.1, 0.15) is 67.4 Å². The van der Waals surface area contributed by atoms with E-state index in [2.05, 4.69) is 0 Å². The van der Waals surface area contributed by atoms with Gasteiger partial charge in [0.25, 0.3) is 5.56 Å². The summed E-state index contributed by atoms with van der Waals surface area (Å²) in [4.78, 5) is 69.6. The molecule has 6 rings (SSSR count). The van der Waals surface area contributed by atoms with E-state index in [0.29, 0.717) is 61.2 Å². The summed E-state index contributed by atoms with van der Waals surface area (Å²) in [6, 6.07) is 6.67. The van der Waals surface area contributed by atoms with Gasteiger partial charge in [0.05, 0.1) is 34.3 Å². The van der Waals surface area contributed by atoms with E-state index in [9.17, 15) is 29.1 Å². The zero-order valence-electron chi connectivity index (χ0n) is 23.9. The fourth-order valence-corrected chi connectivity index (χ4v) is 6.82. The second kappa shape index (κ2) is 11.5. The summed E-state index contributed by atoms with van der Waals surface area (Å²) in [7, 11) is 0. The van der Waals surface area contributed by atoms with Crippen LogP contribution in [0.3, 0.4) is 0 Å². The molecule has 1 aromatic carbocycles. The van der Waals surface area contributed by atoms with E-state index in [1.807, 2.05) is 13.2 Å². The van der Waals surface area contributed by atoms with Gasteiger partial charge in [0.2, 0.25) is 17.9 Å². The third-order valence-electron chi connectivity index (χ3n) is 8.39. The number of imide groups is 1. The summed E-state index contributed by atoms with van der Waals surface area (Å²) < 4.78 is 12.4. The number of benzene rings is 1. The van der Waals surface area contributed by atoms with Crippen molar-refractivity contribution in [3.63, 3.8) is 0 Å². The Hall–Kier alpha value is -4.19. The van der Waals surface area contributed by atoms with Gasteiger partial charge in [-0.1, -0.05) is 13.3 Å². The van der Waals surface area contributed by atoms with Crippen molar-refractivity contribution in [3.8, 4) is 17.1 Å². The molecule has 0 bridgehead atoms. The number of carbonyl (C=O) groups is 4. The van der Waals surface area contributed by atoms with Crippen molar-refractivity contribution in [2.45, 2.75) is 70.0 Å². The topological polar surface area (TPSA) is 145 Å². The highest BCUT2D eigenvalue weighted by Crippen LogP contribution is 2.39. The molecule has 3 aromatic rings. The number of nitrogens with zero attached hydrogens (tertiary/aromatic N) is 3. The zero-order valence-corrected chi connectivity index (χ0v) is 24.7. The summed E-state index contributed by atoms with van der Waals surface area (Å²) in [6.07, 6.45) is 2.95. The van der Waals surface area contributed by atoms with E-state index in [1.165, 1.54) is 16.7 Å². The molecular formula is C31H31N3O8S. The summed E-state index contributed by atoms with van der Waals surface area (Å²) >= 11 is 1.37. The lowest BCUT2D eigenvalue weighted by molar-refractivity contribution is -0.171. The van der Waals surface area contributed by atoms with Crippen LogP contribution in [0.5, 0.6) is 5.75 Å². The molecule has 12 heteroatoms. The highest BCUT2D eigenvalue weighted by molar-refractivity contribution is 8.00. The van der Waals surface area contributed by atoms with Crippen molar-refractivity contribution in [1.29, 1.82) is 0 Å². The molecule has 0 aliphatic carbocycles. The van der Waals surface area contributed by atoms with Gasteiger partial charge in [0.15, 0.2) is 0 Å². The molecule has 3 aliphatic rings. The molecule has 224 valence electrons. The summed E-state index contributed by atoms with van der Waals surface area (Å²) in [5.74, 6) is -1.55. The molecular weight excluding hydrogens is 574 g/mol. The lowest BCUT2D eigenvalue weighted by atomic mass is 9.97. The minimum Gasteiger partial charge on any atom is -0.508 e. The number of thioether (sulfide) groups is 1. The first kappa shape index (κ1) is 28.9. The predicted octanol–water partition coefficient (Wildman–Crippen LogP) is 3.39. The number of aromatic hydroxyl groups is 1. The minimum absolute atomic E-state index is 0.0292. The maximum Gasteiger partial charge on any atom is 0.352 e. The third-order valence-corrected chi connectivity index (χ3v) is 9.33. The summed E-state index contributed by atoms with van der Waals surface area (Å²) in [6.45, 7) is 2.40. The Bertz CT molecular complexity index is 1750. The normalized spacial score (nSPS) is 18.9. The van der Waals surface area contributed by atoms with Gasteiger partial charge in [-0.25, -0.2) is 9.78 Å². The van der Waals surface area contributed by atoms with Gasteiger partial charge in [-0.05, 0) is 55.3 Å². The number of phenolic OH excluding ortho intramolecular Hbond substituents is 1. The van der Waals surface area contributed by atoms with E-state index < -0.39 is 18.0 Å². The van der Waals surface area contributed by atoms with Gasteiger partial charge in [-0.3, -0.25) is 24.1 Å². The molecule has 5 heterocycles. The maximum atomic E-state index is 13.6. The van der Waals surface area contributed by atoms with Gasteiger partial charge in [-0.15, -0.1) is 0 Å². The van der Waals surface area contributed by atoms with Crippen molar-refractivity contribution in [2.75, 3.05) is 12.8 Å². The molecule has 11 nitrogen and oxygen atoms in total. The van der Waals surface area contributed by atoms with Gasteiger partial charge in [0, 0.05) is 35.9 Å². The third kappa shape index (κ3) is 5.07. The van der Waals surface area contributed by atoms with Crippen LogP contribution in [0.2, 0.25) is 0 Å². The quantitative estimate of drug-likeness (QED) is 0.171. The fourth-order valence-electron chi connectivity index (χ4n) is 6.18. The smallest absolute Gasteiger partial charge is 0.352 e. The average molecular weight is 606 g/mol. The number of aryl methyl sites for hydroxylation is 1. The molecule has 2 unspecified atom stereocenters. The molecule has 0 spiro atoms. The predicted molar refractivity (Wildman–Crippen MR) is 157 cm³/mol. The van der Waals surface area contributed by atoms with E-state index in [-0.39, 0.29) is 53.4 Å². The van der Waals surface area contributed by atoms with Crippen molar-refractivity contribution in [2.24, 2.45) is 0 Å². The first-order valence-electron chi connectivity index (χ1n) is 14.4. The molecule has 3 aliphatic heterocycles. The largest absolute Gasteiger partial charge is 0.508 e. The Balaban J connectivity index is 1.18. The number of fused-ring (bicyclic) bond motifs is 5. The molecule has 1 N–H and O–H groups in total. The number of likely N-dealkylation sites (tertiary alicyclic amines) is 1. The SMILES string of the molecule is CCc1c2c(nc3ccc(O)cc13)-c1cc3c(c(=O)n1C2)COC(=O)C3OC(=O)CCCCCN1C(=O)CC(SC)C1=O. The standard InChI is InChI=1S/C31H31N3O8S/c1-3-17-18-11-16(35)8-9-22(18)32-27-20(17)14-34-23(27)12-19-21(29(34)38)15-41-31(40)28(19)42-26(37)7-5-4-6-10-33-25(36)13-24(43-2)30(33)39/h8-9,11-12,24,28,35H,3-7,10,13-15H2,1-2H3. The highest BCUT2D eigenvalue weighted by Gasteiger charge is 2.39. The Morgan fingerprint density at radius 1 is 1.14 bits per heavy atom. The van der Waals surface area contributed by atoms with Gasteiger partial charge in [0.1, 0.15) is 12.4 Å². The number of ether oxygens (including phenoxy) is 2. The number of rotatable bonds is 9. The molecule has 1 fully saturated rings. The molecule has 2 atom stereocenters. The number of unbranched alkanes of at least 4 members (excludes halogenated alkanes) is 2. The Morgan fingerprint density at radius 2 is 1.95 bits per heavy atom. The van der Waals surface area contributed by atoms with Crippen molar-refractivity contribution < 1.29 is 33.8 Å². The Kier molecular flexibility index (Phi) is 7.72. The van der Waals surface area contributed by atoms with Crippen LogP contribution in [-0.2, 0) is 48.2 Å². The van der Waals surface area contributed by atoms with Crippen LogP contribution in [-0.4, -0.2) is 61.4 Å². The van der Waals surface area contributed by atoms with E-state index >= 15 is 0 Å². The number of hydrogen-bond donors (Lipinski definition) is 1. The van der Waals surface area contributed by atoms with Crippen LogP contribution < -0.4 is 5.56 Å². The van der Waals surface area contributed by atoms with Crippen LogP contribution in [0.4, 0.5) is 0 Å². The number of cyclic esters (lactones) is 1. The fraction of sp³-hybridized carbons (Fsp3) is 0.419.